The first-order chi connectivity index (χ1) is 16.9. The number of carbonyl (C=O) groups is 1. The molecular formula is C28H27N3O4. The van der Waals surface area contributed by atoms with Crippen LogP contribution in [-0.2, 0) is 6.54 Å². The van der Waals surface area contributed by atoms with Crippen LogP contribution in [0.1, 0.15) is 15.9 Å². The summed E-state index contributed by atoms with van der Waals surface area (Å²) in [4.78, 5) is 28.6. The molecule has 4 rings (SSSR count). The third kappa shape index (κ3) is 4.94. The van der Waals surface area contributed by atoms with E-state index >= 15 is 0 Å². The van der Waals surface area contributed by atoms with Crippen molar-refractivity contribution in [2.45, 2.75) is 6.54 Å². The highest BCUT2D eigenvalue weighted by Crippen LogP contribution is 2.34. The number of methoxy groups -OCH3 is 2. The van der Waals surface area contributed by atoms with E-state index in [0.29, 0.717) is 28.3 Å². The summed E-state index contributed by atoms with van der Waals surface area (Å²) in [6.45, 7) is 0.236. The van der Waals surface area contributed by atoms with E-state index in [1.165, 1.54) is 9.58 Å². The third-order valence-corrected chi connectivity index (χ3v) is 5.69. The van der Waals surface area contributed by atoms with E-state index in [0.717, 1.165) is 11.1 Å². The van der Waals surface area contributed by atoms with Crippen LogP contribution < -0.4 is 15.0 Å². The first kappa shape index (κ1) is 23.8. The molecule has 0 radical (unpaired) electrons. The summed E-state index contributed by atoms with van der Waals surface area (Å²) < 4.78 is 12.0. The molecule has 0 aliphatic carbocycles. The van der Waals surface area contributed by atoms with Crippen molar-refractivity contribution in [1.82, 2.24) is 14.7 Å². The molecule has 178 valence electrons. The van der Waals surface area contributed by atoms with Crippen LogP contribution in [0.3, 0.4) is 0 Å². The molecule has 1 aromatic heterocycles. The quantitative estimate of drug-likeness (QED) is 0.403. The minimum Gasteiger partial charge on any atom is -0.497 e. The topological polar surface area (TPSA) is 73.7 Å². The maximum atomic E-state index is 13.7. The fourth-order valence-electron chi connectivity index (χ4n) is 3.85. The first-order valence-electron chi connectivity index (χ1n) is 11.1. The summed E-state index contributed by atoms with van der Waals surface area (Å²) in [5, 5.41) is 4.78. The van der Waals surface area contributed by atoms with Crippen molar-refractivity contribution in [3.8, 4) is 33.9 Å². The highest BCUT2D eigenvalue weighted by molar-refractivity contribution is 6.03. The van der Waals surface area contributed by atoms with E-state index in [2.05, 4.69) is 0 Å². The summed E-state index contributed by atoms with van der Waals surface area (Å²) in [7, 11) is 6.46. The van der Waals surface area contributed by atoms with E-state index in [1.54, 1.807) is 40.4 Å². The van der Waals surface area contributed by atoms with E-state index in [1.807, 2.05) is 66.7 Å². The van der Waals surface area contributed by atoms with E-state index in [-0.39, 0.29) is 18.0 Å². The summed E-state index contributed by atoms with van der Waals surface area (Å²) in [5.74, 6) is 0.979. The molecular weight excluding hydrogens is 442 g/mol. The molecule has 0 aliphatic rings. The van der Waals surface area contributed by atoms with Crippen LogP contribution in [0.15, 0.2) is 83.7 Å². The van der Waals surface area contributed by atoms with Crippen LogP contribution in [0.2, 0.25) is 0 Å². The van der Waals surface area contributed by atoms with Crippen molar-refractivity contribution in [3.63, 3.8) is 0 Å². The van der Waals surface area contributed by atoms with E-state index in [9.17, 15) is 9.59 Å². The van der Waals surface area contributed by atoms with Gasteiger partial charge in [0.2, 0.25) is 0 Å². The Morgan fingerprint density at radius 3 is 1.89 bits per heavy atom. The van der Waals surface area contributed by atoms with Gasteiger partial charge in [0.15, 0.2) is 0 Å². The Kier molecular flexibility index (Phi) is 6.96. The Morgan fingerprint density at radius 1 is 0.829 bits per heavy atom. The molecule has 3 aromatic carbocycles. The molecule has 7 heteroatoms. The summed E-state index contributed by atoms with van der Waals surface area (Å²) >= 11 is 0. The van der Waals surface area contributed by atoms with Crippen LogP contribution in [0.5, 0.6) is 11.5 Å². The number of benzene rings is 3. The first-order valence-corrected chi connectivity index (χ1v) is 11.1. The van der Waals surface area contributed by atoms with Crippen LogP contribution in [0.25, 0.3) is 22.4 Å². The molecule has 7 nitrogen and oxygen atoms in total. The van der Waals surface area contributed by atoms with Crippen molar-refractivity contribution in [2.75, 3.05) is 28.3 Å². The molecule has 0 unspecified atom stereocenters. The van der Waals surface area contributed by atoms with Gasteiger partial charge >= 0.3 is 0 Å². The number of ether oxygens (including phenoxy) is 2. The molecule has 1 heterocycles. The monoisotopic (exact) mass is 469 g/mol. The van der Waals surface area contributed by atoms with Crippen molar-refractivity contribution >= 4 is 5.91 Å². The SMILES string of the molecule is COc1ccc(-c2nn(Cc3ccccc3)c(=O)c(C(=O)N(C)C)c2-c2ccc(OC)cc2)cc1. The van der Waals surface area contributed by atoms with Crippen molar-refractivity contribution in [1.29, 1.82) is 0 Å². The molecule has 0 N–H and O–H groups in total. The number of aromatic nitrogens is 2. The molecule has 0 spiro atoms. The number of nitrogens with zero attached hydrogens (tertiary/aromatic N) is 3. The Balaban J connectivity index is 2.04. The average Bonchev–Trinajstić information content (AvgIpc) is 2.90. The second-order valence-electron chi connectivity index (χ2n) is 8.20. The number of carbonyl (C=O) groups excluding carboxylic acids is 1. The lowest BCUT2D eigenvalue weighted by atomic mass is 9.94. The standard InChI is InChI=1S/C28H27N3O4/c1-30(2)27(32)25-24(20-10-14-22(34-3)15-11-20)26(21-12-16-23(35-4)17-13-21)29-31(28(25)33)18-19-8-6-5-7-9-19/h5-17H,18H2,1-4H3. The summed E-state index contributed by atoms with van der Waals surface area (Å²) in [6.07, 6.45) is 0. The molecule has 4 aromatic rings. The molecule has 0 saturated heterocycles. The van der Waals surface area contributed by atoms with Crippen LogP contribution in [0.4, 0.5) is 0 Å². The van der Waals surface area contributed by atoms with Crippen molar-refractivity contribution in [2.24, 2.45) is 0 Å². The van der Waals surface area contributed by atoms with Gasteiger partial charge < -0.3 is 14.4 Å². The van der Waals surface area contributed by atoms with Gasteiger partial charge in [-0.15, -0.1) is 0 Å². The number of hydrogen-bond acceptors (Lipinski definition) is 5. The molecule has 0 bridgehead atoms. The molecule has 0 aliphatic heterocycles. The van der Waals surface area contributed by atoms with Gasteiger partial charge in [0.05, 0.1) is 26.5 Å². The van der Waals surface area contributed by atoms with E-state index < -0.39 is 5.56 Å². The summed E-state index contributed by atoms with van der Waals surface area (Å²) in [5.41, 5.74) is 2.98. The van der Waals surface area contributed by atoms with Gasteiger partial charge in [-0.05, 0) is 47.5 Å². The van der Waals surface area contributed by atoms with Gasteiger partial charge in [-0.1, -0.05) is 42.5 Å². The van der Waals surface area contributed by atoms with Gasteiger partial charge in [0, 0.05) is 25.2 Å². The van der Waals surface area contributed by atoms with Gasteiger partial charge in [-0.25, -0.2) is 4.68 Å². The minimum absolute atomic E-state index is 0.0666. The zero-order valence-electron chi connectivity index (χ0n) is 20.2. The Morgan fingerprint density at radius 2 is 1.37 bits per heavy atom. The molecule has 35 heavy (non-hydrogen) atoms. The molecule has 0 atom stereocenters. The van der Waals surface area contributed by atoms with Gasteiger partial charge in [-0.2, -0.15) is 5.10 Å². The normalized spacial score (nSPS) is 10.6. The second kappa shape index (κ2) is 10.3. The molecule has 0 saturated carbocycles. The average molecular weight is 470 g/mol. The third-order valence-electron chi connectivity index (χ3n) is 5.69. The van der Waals surface area contributed by atoms with Crippen molar-refractivity contribution in [3.05, 3.63) is 100 Å². The van der Waals surface area contributed by atoms with Gasteiger partial charge in [0.1, 0.15) is 17.1 Å². The number of hydrogen-bond donors (Lipinski definition) is 0. The minimum atomic E-state index is -0.448. The number of amides is 1. The highest BCUT2D eigenvalue weighted by atomic mass is 16.5. The lowest BCUT2D eigenvalue weighted by Crippen LogP contribution is -2.35. The molecule has 0 fully saturated rings. The fourth-order valence-corrected chi connectivity index (χ4v) is 3.85. The Bertz CT molecular complexity index is 1380. The zero-order valence-corrected chi connectivity index (χ0v) is 20.2. The van der Waals surface area contributed by atoms with Gasteiger partial charge in [0.25, 0.3) is 11.5 Å². The Hall–Kier alpha value is -4.39. The Labute approximate surface area is 204 Å². The lowest BCUT2D eigenvalue weighted by Gasteiger charge is -2.19. The maximum absolute atomic E-state index is 13.7. The lowest BCUT2D eigenvalue weighted by molar-refractivity contribution is 0.0825. The van der Waals surface area contributed by atoms with Gasteiger partial charge in [-0.3, -0.25) is 9.59 Å². The number of rotatable bonds is 7. The van der Waals surface area contributed by atoms with Crippen LogP contribution in [-0.4, -0.2) is 48.9 Å². The largest absolute Gasteiger partial charge is 0.497 e. The zero-order chi connectivity index (χ0) is 24.9. The highest BCUT2D eigenvalue weighted by Gasteiger charge is 2.26. The van der Waals surface area contributed by atoms with Crippen molar-refractivity contribution < 1.29 is 14.3 Å². The summed E-state index contributed by atoms with van der Waals surface area (Å²) in [6, 6.07) is 24.2. The smallest absolute Gasteiger partial charge is 0.280 e. The predicted octanol–water partition coefficient (Wildman–Crippen LogP) is 4.34. The second-order valence-corrected chi connectivity index (χ2v) is 8.20. The van der Waals surface area contributed by atoms with Crippen LogP contribution in [0, 0.1) is 0 Å². The van der Waals surface area contributed by atoms with E-state index in [4.69, 9.17) is 14.6 Å². The maximum Gasteiger partial charge on any atom is 0.280 e. The fraction of sp³-hybridized carbons (Fsp3) is 0.179. The predicted molar refractivity (Wildman–Crippen MR) is 136 cm³/mol. The van der Waals surface area contributed by atoms with Crippen LogP contribution >= 0.6 is 0 Å². The molecule has 1 amide bonds.